The Morgan fingerprint density at radius 1 is 1.26 bits per heavy atom. The zero-order chi connectivity index (χ0) is 13.8. The maximum absolute atomic E-state index is 12.0. The van der Waals surface area contributed by atoms with Crippen LogP contribution in [0.2, 0.25) is 0 Å². The first-order valence-electron chi connectivity index (χ1n) is 6.75. The lowest BCUT2D eigenvalue weighted by atomic mass is 10.2. The molecule has 0 aromatic heterocycles. The average molecular weight is 262 g/mol. The number of ether oxygens (including phenoxy) is 1. The van der Waals surface area contributed by atoms with Crippen LogP contribution < -0.4 is 4.90 Å². The van der Waals surface area contributed by atoms with Crippen molar-refractivity contribution in [1.29, 1.82) is 0 Å². The molecule has 0 aliphatic carbocycles. The summed E-state index contributed by atoms with van der Waals surface area (Å²) in [6.07, 6.45) is -0.342. The van der Waals surface area contributed by atoms with Gasteiger partial charge in [-0.2, -0.15) is 0 Å². The van der Waals surface area contributed by atoms with Crippen LogP contribution in [0.15, 0.2) is 24.3 Å². The summed E-state index contributed by atoms with van der Waals surface area (Å²) in [6.45, 7) is 7.19. The number of hydrogen-bond acceptors (Lipinski definition) is 3. The van der Waals surface area contributed by atoms with Crippen LogP contribution >= 0.6 is 0 Å². The second kappa shape index (κ2) is 6.06. The van der Waals surface area contributed by atoms with Crippen molar-refractivity contribution in [1.82, 2.24) is 4.90 Å². The third-order valence-electron chi connectivity index (χ3n) is 3.66. The van der Waals surface area contributed by atoms with Gasteiger partial charge in [0.1, 0.15) is 6.10 Å². The molecule has 2 rings (SSSR count). The summed E-state index contributed by atoms with van der Waals surface area (Å²) in [6, 6.07) is 8.50. The van der Waals surface area contributed by atoms with E-state index in [1.165, 1.54) is 11.3 Å². The highest BCUT2D eigenvalue weighted by Crippen LogP contribution is 2.18. The Kier molecular flexibility index (Phi) is 4.43. The van der Waals surface area contributed by atoms with Gasteiger partial charge in [-0.15, -0.1) is 0 Å². The summed E-state index contributed by atoms with van der Waals surface area (Å²) in [4.78, 5) is 16.2. The fraction of sp³-hybridized carbons (Fsp3) is 0.533. The lowest BCUT2D eigenvalue weighted by Crippen LogP contribution is -2.51. The van der Waals surface area contributed by atoms with Gasteiger partial charge < -0.3 is 14.5 Å². The molecule has 0 bridgehead atoms. The molecule has 1 aromatic rings. The van der Waals surface area contributed by atoms with Crippen LogP contribution in [0.1, 0.15) is 12.5 Å². The zero-order valence-corrected chi connectivity index (χ0v) is 11.9. The van der Waals surface area contributed by atoms with E-state index >= 15 is 0 Å². The molecule has 1 aliphatic heterocycles. The Bertz CT molecular complexity index is 440. The van der Waals surface area contributed by atoms with Crippen molar-refractivity contribution in [2.45, 2.75) is 20.0 Å². The van der Waals surface area contributed by atoms with Crippen LogP contribution in [0, 0.1) is 6.92 Å². The summed E-state index contributed by atoms with van der Waals surface area (Å²) >= 11 is 0. The molecule has 0 spiro atoms. The second-order valence-electron chi connectivity index (χ2n) is 5.03. The molecule has 1 fully saturated rings. The monoisotopic (exact) mass is 262 g/mol. The molecule has 4 nitrogen and oxygen atoms in total. The van der Waals surface area contributed by atoms with Crippen LogP contribution in [0.5, 0.6) is 0 Å². The number of methoxy groups -OCH3 is 1. The molecule has 19 heavy (non-hydrogen) atoms. The number of aryl methyl sites for hydroxylation is 1. The van der Waals surface area contributed by atoms with Gasteiger partial charge in [-0.05, 0) is 31.5 Å². The highest BCUT2D eigenvalue weighted by atomic mass is 16.5. The van der Waals surface area contributed by atoms with Gasteiger partial charge in [-0.3, -0.25) is 4.79 Å². The number of rotatable bonds is 3. The minimum atomic E-state index is -0.342. The Hall–Kier alpha value is -1.55. The molecule has 1 saturated heterocycles. The fourth-order valence-corrected chi connectivity index (χ4v) is 2.37. The first-order chi connectivity index (χ1) is 9.11. The molecule has 1 heterocycles. The number of amides is 1. The maximum atomic E-state index is 12.0. The summed E-state index contributed by atoms with van der Waals surface area (Å²) in [7, 11) is 1.57. The molecule has 1 amide bonds. The van der Waals surface area contributed by atoms with Gasteiger partial charge in [0, 0.05) is 39.0 Å². The van der Waals surface area contributed by atoms with Gasteiger partial charge in [0.2, 0.25) is 0 Å². The molecule has 1 unspecified atom stereocenters. The predicted octanol–water partition coefficient (Wildman–Crippen LogP) is 1.68. The smallest absolute Gasteiger partial charge is 0.251 e. The average Bonchev–Trinajstić information content (AvgIpc) is 2.46. The number of anilines is 1. The number of benzene rings is 1. The van der Waals surface area contributed by atoms with Crippen molar-refractivity contribution in [3.05, 3.63) is 29.8 Å². The van der Waals surface area contributed by atoms with Crippen LogP contribution in [0.25, 0.3) is 0 Å². The third-order valence-corrected chi connectivity index (χ3v) is 3.66. The highest BCUT2D eigenvalue weighted by molar-refractivity contribution is 5.80. The largest absolute Gasteiger partial charge is 0.372 e. The van der Waals surface area contributed by atoms with E-state index in [0.717, 1.165) is 26.2 Å². The Morgan fingerprint density at radius 3 is 2.53 bits per heavy atom. The summed E-state index contributed by atoms with van der Waals surface area (Å²) in [5.41, 5.74) is 2.51. The van der Waals surface area contributed by atoms with Crippen LogP contribution in [0.3, 0.4) is 0 Å². The molecule has 0 radical (unpaired) electrons. The minimum absolute atomic E-state index is 0.0893. The first kappa shape index (κ1) is 13.9. The normalized spacial score (nSPS) is 17.4. The van der Waals surface area contributed by atoms with Gasteiger partial charge in [-0.1, -0.05) is 12.1 Å². The number of nitrogens with zero attached hydrogens (tertiary/aromatic N) is 2. The fourth-order valence-electron chi connectivity index (χ4n) is 2.37. The standard InChI is InChI=1S/C15H22N2O2/c1-12-5-4-6-14(11-12)16-7-9-17(10-8-16)15(18)13(2)19-3/h4-6,11,13H,7-10H2,1-3H3. The van der Waals surface area contributed by atoms with Crippen molar-refractivity contribution in [2.75, 3.05) is 38.2 Å². The van der Waals surface area contributed by atoms with E-state index in [0.29, 0.717) is 0 Å². The molecule has 0 saturated carbocycles. The van der Waals surface area contributed by atoms with Gasteiger partial charge in [0.05, 0.1) is 0 Å². The molecule has 1 aromatic carbocycles. The molecule has 104 valence electrons. The van der Waals surface area contributed by atoms with E-state index in [2.05, 4.69) is 36.1 Å². The van der Waals surface area contributed by atoms with E-state index < -0.39 is 0 Å². The van der Waals surface area contributed by atoms with Crippen LogP contribution in [0.4, 0.5) is 5.69 Å². The molecule has 1 atom stereocenters. The quantitative estimate of drug-likeness (QED) is 0.831. The van der Waals surface area contributed by atoms with Gasteiger partial charge >= 0.3 is 0 Å². The number of carbonyl (C=O) groups excluding carboxylic acids is 1. The van der Waals surface area contributed by atoms with Crippen molar-refractivity contribution >= 4 is 11.6 Å². The lowest BCUT2D eigenvalue weighted by Gasteiger charge is -2.37. The summed E-state index contributed by atoms with van der Waals surface area (Å²) in [5.74, 6) is 0.0893. The molecule has 4 heteroatoms. The minimum Gasteiger partial charge on any atom is -0.372 e. The first-order valence-corrected chi connectivity index (χ1v) is 6.75. The van der Waals surface area contributed by atoms with Gasteiger partial charge in [0.25, 0.3) is 5.91 Å². The third kappa shape index (κ3) is 3.26. The van der Waals surface area contributed by atoms with Crippen LogP contribution in [-0.4, -0.2) is 50.2 Å². The highest BCUT2D eigenvalue weighted by Gasteiger charge is 2.24. The number of hydrogen-bond donors (Lipinski definition) is 0. The lowest BCUT2D eigenvalue weighted by molar-refractivity contribution is -0.141. The van der Waals surface area contributed by atoms with Gasteiger partial charge in [0.15, 0.2) is 0 Å². The summed E-state index contributed by atoms with van der Waals surface area (Å²) in [5, 5.41) is 0. The summed E-state index contributed by atoms with van der Waals surface area (Å²) < 4.78 is 5.09. The zero-order valence-electron chi connectivity index (χ0n) is 11.9. The molecule has 1 aliphatic rings. The van der Waals surface area contributed by atoms with Crippen molar-refractivity contribution in [3.63, 3.8) is 0 Å². The Labute approximate surface area is 115 Å². The van der Waals surface area contributed by atoms with Crippen molar-refractivity contribution < 1.29 is 9.53 Å². The Balaban J connectivity index is 1.94. The predicted molar refractivity (Wildman–Crippen MR) is 76.4 cm³/mol. The SMILES string of the molecule is COC(C)C(=O)N1CCN(c2cccc(C)c2)CC1. The molecule has 0 N–H and O–H groups in total. The topological polar surface area (TPSA) is 32.8 Å². The molecular weight excluding hydrogens is 240 g/mol. The maximum Gasteiger partial charge on any atom is 0.251 e. The van der Waals surface area contributed by atoms with E-state index in [1.54, 1.807) is 14.0 Å². The number of carbonyl (C=O) groups is 1. The number of piperazine rings is 1. The van der Waals surface area contributed by atoms with Crippen LogP contribution in [-0.2, 0) is 9.53 Å². The second-order valence-corrected chi connectivity index (χ2v) is 5.03. The van der Waals surface area contributed by atoms with E-state index in [1.807, 2.05) is 4.90 Å². The van der Waals surface area contributed by atoms with E-state index in [9.17, 15) is 4.79 Å². The van der Waals surface area contributed by atoms with Crippen molar-refractivity contribution in [3.8, 4) is 0 Å². The Morgan fingerprint density at radius 2 is 1.95 bits per heavy atom. The van der Waals surface area contributed by atoms with E-state index in [-0.39, 0.29) is 12.0 Å². The molecular formula is C15H22N2O2. The van der Waals surface area contributed by atoms with Gasteiger partial charge in [-0.25, -0.2) is 0 Å². The van der Waals surface area contributed by atoms with E-state index in [4.69, 9.17) is 4.74 Å². The van der Waals surface area contributed by atoms with Crippen molar-refractivity contribution in [2.24, 2.45) is 0 Å².